The molecule has 0 radical (unpaired) electrons. The quantitative estimate of drug-likeness (QED) is 0.372. The molecule has 3 aromatic carbocycles. The summed E-state index contributed by atoms with van der Waals surface area (Å²) in [6.45, 7) is 0. The fraction of sp³-hybridized carbons (Fsp3) is 0.310. The highest BCUT2D eigenvalue weighted by Crippen LogP contribution is 2.52. The molecule has 36 heavy (non-hydrogen) atoms. The van der Waals surface area contributed by atoms with Crippen LogP contribution in [0.15, 0.2) is 84.9 Å². The maximum Gasteiger partial charge on any atom is 0.416 e. The van der Waals surface area contributed by atoms with Crippen molar-refractivity contribution in [2.75, 3.05) is 0 Å². The lowest BCUT2D eigenvalue weighted by molar-refractivity contribution is -0.137. The Balaban J connectivity index is 1.43. The van der Waals surface area contributed by atoms with Crippen molar-refractivity contribution in [2.24, 2.45) is 11.8 Å². The third kappa shape index (κ3) is 4.87. The third-order valence-electron chi connectivity index (χ3n) is 7.33. The lowest BCUT2D eigenvalue weighted by atomic mass is 9.60. The van der Waals surface area contributed by atoms with Gasteiger partial charge in [0.25, 0.3) is 0 Å². The molecule has 0 aliphatic heterocycles. The van der Waals surface area contributed by atoms with E-state index < -0.39 is 35.9 Å². The van der Waals surface area contributed by atoms with Gasteiger partial charge in [-0.15, -0.1) is 0 Å². The van der Waals surface area contributed by atoms with E-state index in [1.165, 1.54) is 12.1 Å². The SMILES string of the molecule is O=C(OC1C2CCC(C(c3ccc(C(F)(F)F)cc3)C2)C1OC(=O)c1ccccc1)c1ccccc1. The monoisotopic (exact) mass is 494 g/mol. The predicted octanol–water partition coefficient (Wildman–Crippen LogP) is 6.67. The van der Waals surface area contributed by atoms with Gasteiger partial charge in [0.1, 0.15) is 12.2 Å². The highest BCUT2D eigenvalue weighted by Gasteiger charge is 2.53. The molecule has 0 spiro atoms. The zero-order chi connectivity index (χ0) is 25.3. The van der Waals surface area contributed by atoms with E-state index in [2.05, 4.69) is 0 Å². The zero-order valence-corrected chi connectivity index (χ0v) is 19.4. The summed E-state index contributed by atoms with van der Waals surface area (Å²) in [5.41, 5.74) is 0.866. The molecule has 0 N–H and O–H groups in total. The first-order valence-electron chi connectivity index (χ1n) is 12.0. The van der Waals surface area contributed by atoms with Crippen LogP contribution in [0.25, 0.3) is 0 Å². The molecule has 3 aliphatic rings. The number of ether oxygens (including phenoxy) is 2. The minimum absolute atomic E-state index is 0.0801. The number of hydrogen-bond donors (Lipinski definition) is 0. The van der Waals surface area contributed by atoms with Gasteiger partial charge in [-0.25, -0.2) is 9.59 Å². The molecule has 3 fully saturated rings. The summed E-state index contributed by atoms with van der Waals surface area (Å²) in [6, 6.07) is 22.4. The molecule has 2 bridgehead atoms. The van der Waals surface area contributed by atoms with Crippen LogP contribution in [0, 0.1) is 11.8 Å². The van der Waals surface area contributed by atoms with E-state index in [9.17, 15) is 22.8 Å². The Bertz CT molecular complexity index is 1210. The standard InChI is InChI=1S/C29H25F3O4/c30-29(31,32)22-14-11-18(12-15-22)24-17-21-13-16-23(24)26(36-28(34)20-9-5-2-6-10-20)25(21)35-27(33)19-7-3-1-4-8-19/h1-12,14-15,21,23-26H,13,16-17H2. The van der Waals surface area contributed by atoms with E-state index in [1.807, 2.05) is 0 Å². The minimum atomic E-state index is -4.41. The number of rotatable bonds is 5. The van der Waals surface area contributed by atoms with Gasteiger partial charge < -0.3 is 9.47 Å². The Morgan fingerprint density at radius 1 is 0.694 bits per heavy atom. The van der Waals surface area contributed by atoms with Gasteiger partial charge in [0.15, 0.2) is 0 Å². The predicted molar refractivity (Wildman–Crippen MR) is 126 cm³/mol. The van der Waals surface area contributed by atoms with Crippen LogP contribution >= 0.6 is 0 Å². The van der Waals surface area contributed by atoms with Gasteiger partial charge in [0.2, 0.25) is 0 Å². The molecule has 0 amide bonds. The number of fused-ring (bicyclic) bond motifs is 3. The summed E-state index contributed by atoms with van der Waals surface area (Å²) < 4.78 is 51.2. The summed E-state index contributed by atoms with van der Waals surface area (Å²) in [7, 11) is 0. The third-order valence-corrected chi connectivity index (χ3v) is 7.33. The fourth-order valence-corrected chi connectivity index (χ4v) is 5.58. The zero-order valence-electron chi connectivity index (χ0n) is 19.4. The number of esters is 2. The molecule has 3 aliphatic carbocycles. The molecule has 186 valence electrons. The summed E-state index contributed by atoms with van der Waals surface area (Å²) in [4.78, 5) is 25.9. The van der Waals surface area contributed by atoms with Gasteiger partial charge in [-0.05, 0) is 67.1 Å². The van der Waals surface area contributed by atoms with E-state index in [1.54, 1.807) is 60.7 Å². The van der Waals surface area contributed by atoms with Crippen LogP contribution in [0.2, 0.25) is 0 Å². The number of halogens is 3. The van der Waals surface area contributed by atoms with Gasteiger partial charge in [0.05, 0.1) is 16.7 Å². The van der Waals surface area contributed by atoms with Gasteiger partial charge in [-0.2, -0.15) is 13.2 Å². The van der Waals surface area contributed by atoms with Crippen molar-refractivity contribution in [3.63, 3.8) is 0 Å². The molecule has 3 aromatic rings. The van der Waals surface area contributed by atoms with Crippen LogP contribution in [0.3, 0.4) is 0 Å². The first-order chi connectivity index (χ1) is 17.3. The van der Waals surface area contributed by atoms with Crippen LogP contribution in [0.4, 0.5) is 13.2 Å². The number of hydrogen-bond acceptors (Lipinski definition) is 4. The second kappa shape index (κ2) is 9.80. The number of benzene rings is 3. The number of carbonyl (C=O) groups is 2. The molecule has 5 atom stereocenters. The molecule has 6 rings (SSSR count). The van der Waals surface area contributed by atoms with E-state index in [4.69, 9.17) is 9.47 Å². The molecule has 7 heteroatoms. The maximum absolute atomic E-state index is 13.1. The average Bonchev–Trinajstić information content (AvgIpc) is 2.90. The first kappa shape index (κ1) is 24.1. The van der Waals surface area contributed by atoms with Crippen molar-refractivity contribution < 1.29 is 32.2 Å². The molecular weight excluding hydrogens is 469 g/mol. The van der Waals surface area contributed by atoms with Crippen molar-refractivity contribution in [1.82, 2.24) is 0 Å². The van der Waals surface area contributed by atoms with Crippen LogP contribution in [-0.4, -0.2) is 24.1 Å². The van der Waals surface area contributed by atoms with Crippen molar-refractivity contribution >= 4 is 11.9 Å². The van der Waals surface area contributed by atoms with Gasteiger partial charge >= 0.3 is 18.1 Å². The van der Waals surface area contributed by atoms with Crippen LogP contribution in [0.5, 0.6) is 0 Å². The highest BCUT2D eigenvalue weighted by atomic mass is 19.4. The van der Waals surface area contributed by atoms with Gasteiger partial charge in [0, 0.05) is 11.8 Å². The first-order valence-corrected chi connectivity index (χ1v) is 12.0. The molecule has 3 saturated carbocycles. The van der Waals surface area contributed by atoms with Crippen molar-refractivity contribution in [3.05, 3.63) is 107 Å². The Morgan fingerprint density at radius 3 is 1.75 bits per heavy atom. The molecule has 5 unspecified atom stereocenters. The summed E-state index contributed by atoms with van der Waals surface area (Å²) in [5.74, 6) is -1.37. The molecular formula is C29H25F3O4. The number of carbonyl (C=O) groups excluding carboxylic acids is 2. The summed E-state index contributed by atoms with van der Waals surface area (Å²) in [6.07, 6.45) is -3.59. The molecule has 0 aromatic heterocycles. The van der Waals surface area contributed by atoms with E-state index in [0.717, 1.165) is 30.5 Å². The van der Waals surface area contributed by atoms with Crippen LogP contribution in [-0.2, 0) is 15.7 Å². The second-order valence-electron chi connectivity index (χ2n) is 9.44. The van der Waals surface area contributed by atoms with Crippen molar-refractivity contribution in [2.45, 2.75) is 43.6 Å². The Hall–Kier alpha value is -3.61. The molecule has 0 saturated heterocycles. The molecule has 0 heterocycles. The van der Waals surface area contributed by atoms with E-state index in [0.29, 0.717) is 17.5 Å². The average molecular weight is 495 g/mol. The van der Waals surface area contributed by atoms with E-state index >= 15 is 0 Å². The summed E-state index contributed by atoms with van der Waals surface area (Å²) >= 11 is 0. The minimum Gasteiger partial charge on any atom is -0.455 e. The largest absolute Gasteiger partial charge is 0.455 e. The Labute approximate surface area is 207 Å². The van der Waals surface area contributed by atoms with E-state index in [-0.39, 0.29) is 17.8 Å². The summed E-state index contributed by atoms with van der Waals surface area (Å²) in [5, 5.41) is 0. The second-order valence-corrected chi connectivity index (χ2v) is 9.44. The Morgan fingerprint density at radius 2 is 1.22 bits per heavy atom. The van der Waals surface area contributed by atoms with Gasteiger partial charge in [-0.1, -0.05) is 48.5 Å². The van der Waals surface area contributed by atoms with Crippen LogP contribution < -0.4 is 0 Å². The number of alkyl halides is 3. The van der Waals surface area contributed by atoms with Crippen LogP contribution in [0.1, 0.15) is 57.0 Å². The Kier molecular flexibility index (Phi) is 6.56. The van der Waals surface area contributed by atoms with Crippen molar-refractivity contribution in [1.29, 1.82) is 0 Å². The normalized spacial score (nSPS) is 25.2. The van der Waals surface area contributed by atoms with Crippen molar-refractivity contribution in [3.8, 4) is 0 Å². The topological polar surface area (TPSA) is 52.6 Å². The molecule has 4 nitrogen and oxygen atoms in total. The maximum atomic E-state index is 13.1. The van der Waals surface area contributed by atoms with Gasteiger partial charge in [-0.3, -0.25) is 0 Å². The smallest absolute Gasteiger partial charge is 0.416 e. The lowest BCUT2D eigenvalue weighted by Crippen LogP contribution is -2.54. The fourth-order valence-electron chi connectivity index (χ4n) is 5.58. The highest BCUT2D eigenvalue weighted by molar-refractivity contribution is 5.90. The lowest BCUT2D eigenvalue weighted by Gasteiger charge is -2.51.